The van der Waals surface area contributed by atoms with Gasteiger partial charge in [-0.15, -0.1) is 0 Å². The molecule has 0 aliphatic carbocycles. The molecular weight excluding hydrogens is 226 g/mol. The lowest BCUT2D eigenvalue weighted by molar-refractivity contribution is -0.146. The Bertz CT molecular complexity index is 429. The first-order chi connectivity index (χ1) is 8.16. The minimum absolute atomic E-state index is 0.201. The highest BCUT2D eigenvalue weighted by atomic mass is 16.5. The van der Waals surface area contributed by atoms with E-state index in [1.54, 1.807) is 11.1 Å². The highest BCUT2D eigenvalue weighted by Gasteiger charge is 2.21. The van der Waals surface area contributed by atoms with Crippen LogP contribution in [0.3, 0.4) is 0 Å². The van der Waals surface area contributed by atoms with Gasteiger partial charge in [0.05, 0.1) is 6.54 Å². The van der Waals surface area contributed by atoms with Gasteiger partial charge in [0, 0.05) is 25.5 Å². The Morgan fingerprint density at radius 3 is 3.00 bits per heavy atom. The van der Waals surface area contributed by atoms with Crippen LogP contribution in [0.2, 0.25) is 0 Å². The van der Waals surface area contributed by atoms with E-state index in [1.165, 1.54) is 0 Å². The summed E-state index contributed by atoms with van der Waals surface area (Å²) in [7, 11) is 0. The molecule has 0 atom stereocenters. The number of nitrogens with zero attached hydrogens (tertiary/aromatic N) is 3. The van der Waals surface area contributed by atoms with Crippen LogP contribution in [0, 0.1) is 0 Å². The number of ether oxygens (including phenoxy) is 1. The Balaban J connectivity index is 1.84. The zero-order valence-electron chi connectivity index (χ0n) is 9.20. The lowest BCUT2D eigenvalue weighted by Gasteiger charge is -2.27. The molecule has 92 valence electrons. The van der Waals surface area contributed by atoms with Crippen molar-refractivity contribution in [3.05, 3.63) is 18.2 Å². The molecule has 2 rings (SSSR count). The van der Waals surface area contributed by atoms with Crippen LogP contribution in [0.4, 0.5) is 0 Å². The van der Waals surface area contributed by atoms with E-state index in [9.17, 15) is 9.59 Å². The Kier molecular flexibility index (Phi) is 3.38. The van der Waals surface area contributed by atoms with Crippen molar-refractivity contribution in [1.29, 1.82) is 0 Å². The Hall–Kier alpha value is -1.89. The summed E-state index contributed by atoms with van der Waals surface area (Å²) in [5.74, 6) is -0.449. The van der Waals surface area contributed by atoms with E-state index < -0.39 is 12.6 Å². The molecule has 1 aliphatic heterocycles. The van der Waals surface area contributed by atoms with E-state index >= 15 is 0 Å². The van der Waals surface area contributed by atoms with Crippen LogP contribution in [0.1, 0.15) is 5.82 Å². The topological polar surface area (TPSA) is 84.7 Å². The molecule has 1 aromatic rings. The Morgan fingerprint density at radius 2 is 2.24 bits per heavy atom. The summed E-state index contributed by atoms with van der Waals surface area (Å²) >= 11 is 0. The van der Waals surface area contributed by atoms with Gasteiger partial charge < -0.3 is 19.3 Å². The standard InChI is InChI=1S/C10H13N3O4/c14-9(6-17-7-10(15)16)13-4-3-12-2-1-11-8(12)5-13/h1-2H,3-7H2,(H,15,16). The van der Waals surface area contributed by atoms with Gasteiger partial charge in [0.1, 0.15) is 19.0 Å². The third kappa shape index (κ3) is 2.82. The number of carbonyl (C=O) groups is 2. The maximum atomic E-state index is 11.7. The molecule has 1 aromatic heterocycles. The second-order valence-electron chi connectivity index (χ2n) is 3.74. The van der Waals surface area contributed by atoms with Gasteiger partial charge in [-0.2, -0.15) is 0 Å². The lowest BCUT2D eigenvalue weighted by Crippen LogP contribution is -2.40. The lowest BCUT2D eigenvalue weighted by atomic mass is 10.3. The molecule has 0 aromatic carbocycles. The van der Waals surface area contributed by atoms with Gasteiger partial charge >= 0.3 is 5.97 Å². The molecule has 0 unspecified atom stereocenters. The number of carboxylic acid groups (broad SMARTS) is 1. The van der Waals surface area contributed by atoms with Crippen molar-refractivity contribution >= 4 is 11.9 Å². The normalized spacial score (nSPS) is 14.5. The number of hydrogen-bond donors (Lipinski definition) is 1. The molecule has 17 heavy (non-hydrogen) atoms. The third-order valence-electron chi connectivity index (χ3n) is 2.55. The quantitative estimate of drug-likeness (QED) is 0.753. The van der Waals surface area contributed by atoms with Crippen molar-refractivity contribution in [3.8, 4) is 0 Å². The number of amides is 1. The molecule has 0 fully saturated rings. The number of fused-ring (bicyclic) bond motifs is 1. The highest BCUT2D eigenvalue weighted by Crippen LogP contribution is 2.10. The van der Waals surface area contributed by atoms with Crippen molar-refractivity contribution < 1.29 is 19.4 Å². The number of aliphatic carboxylic acids is 1. The SMILES string of the molecule is O=C(O)COCC(=O)N1CCn2ccnc2C1. The molecule has 1 aliphatic rings. The van der Waals surface area contributed by atoms with E-state index in [-0.39, 0.29) is 12.5 Å². The zero-order valence-corrected chi connectivity index (χ0v) is 9.20. The minimum atomic E-state index is -1.08. The van der Waals surface area contributed by atoms with Gasteiger partial charge in [0.15, 0.2) is 0 Å². The first-order valence-electron chi connectivity index (χ1n) is 5.24. The highest BCUT2D eigenvalue weighted by molar-refractivity contribution is 5.78. The van der Waals surface area contributed by atoms with Crippen LogP contribution in [0.25, 0.3) is 0 Å². The first-order valence-corrected chi connectivity index (χ1v) is 5.24. The molecule has 0 radical (unpaired) electrons. The van der Waals surface area contributed by atoms with Gasteiger partial charge in [-0.05, 0) is 0 Å². The van der Waals surface area contributed by atoms with Crippen molar-refractivity contribution in [2.45, 2.75) is 13.1 Å². The van der Waals surface area contributed by atoms with E-state index in [2.05, 4.69) is 4.98 Å². The maximum absolute atomic E-state index is 11.7. The van der Waals surface area contributed by atoms with Crippen molar-refractivity contribution in [2.24, 2.45) is 0 Å². The molecule has 2 heterocycles. The molecule has 0 saturated heterocycles. The van der Waals surface area contributed by atoms with Crippen LogP contribution in [-0.4, -0.2) is 51.2 Å². The predicted octanol–water partition coefficient (Wildman–Crippen LogP) is -0.673. The molecule has 0 bridgehead atoms. The van der Waals surface area contributed by atoms with Crippen LogP contribution in [0.5, 0.6) is 0 Å². The third-order valence-corrected chi connectivity index (χ3v) is 2.55. The first kappa shape index (κ1) is 11.6. The van der Waals surface area contributed by atoms with E-state index in [1.807, 2.05) is 10.8 Å². The summed E-state index contributed by atoms with van der Waals surface area (Å²) in [5, 5.41) is 8.38. The van der Waals surface area contributed by atoms with Gasteiger partial charge in [0.2, 0.25) is 5.91 Å². The van der Waals surface area contributed by atoms with Crippen molar-refractivity contribution in [1.82, 2.24) is 14.5 Å². The predicted molar refractivity (Wildman–Crippen MR) is 56.1 cm³/mol. The van der Waals surface area contributed by atoms with Crippen molar-refractivity contribution in [3.63, 3.8) is 0 Å². The van der Waals surface area contributed by atoms with E-state index in [4.69, 9.17) is 9.84 Å². The molecular formula is C10H13N3O4. The summed E-state index contributed by atoms with van der Waals surface area (Å²) in [6.45, 7) is 1.10. The summed E-state index contributed by atoms with van der Waals surface area (Å²) in [5.41, 5.74) is 0. The Labute approximate surface area is 97.6 Å². The van der Waals surface area contributed by atoms with Crippen LogP contribution in [-0.2, 0) is 27.4 Å². The zero-order chi connectivity index (χ0) is 12.3. The molecule has 7 heteroatoms. The number of imidazole rings is 1. The fraction of sp³-hybridized carbons (Fsp3) is 0.500. The largest absolute Gasteiger partial charge is 0.480 e. The average molecular weight is 239 g/mol. The van der Waals surface area contributed by atoms with Gasteiger partial charge in [-0.3, -0.25) is 4.79 Å². The summed E-state index contributed by atoms with van der Waals surface area (Å²) < 4.78 is 6.75. The number of rotatable bonds is 4. The molecule has 0 saturated carbocycles. The van der Waals surface area contributed by atoms with Crippen LogP contribution >= 0.6 is 0 Å². The van der Waals surface area contributed by atoms with E-state index in [0.717, 1.165) is 5.82 Å². The molecule has 1 N–H and O–H groups in total. The van der Waals surface area contributed by atoms with Crippen LogP contribution < -0.4 is 0 Å². The number of carbonyl (C=O) groups excluding carboxylic acids is 1. The second-order valence-corrected chi connectivity index (χ2v) is 3.74. The smallest absolute Gasteiger partial charge is 0.329 e. The second kappa shape index (κ2) is 4.96. The summed E-state index contributed by atoms with van der Waals surface area (Å²) in [6.07, 6.45) is 3.57. The monoisotopic (exact) mass is 239 g/mol. The number of aromatic nitrogens is 2. The van der Waals surface area contributed by atoms with E-state index in [0.29, 0.717) is 19.6 Å². The minimum Gasteiger partial charge on any atom is -0.480 e. The number of carboxylic acids is 1. The maximum Gasteiger partial charge on any atom is 0.329 e. The van der Waals surface area contributed by atoms with Gasteiger partial charge in [-0.1, -0.05) is 0 Å². The van der Waals surface area contributed by atoms with Gasteiger partial charge in [0.25, 0.3) is 0 Å². The van der Waals surface area contributed by atoms with Gasteiger partial charge in [-0.25, -0.2) is 9.78 Å². The molecule has 1 amide bonds. The summed E-state index contributed by atoms with van der Waals surface area (Å²) in [4.78, 5) is 27.7. The molecule has 7 nitrogen and oxygen atoms in total. The number of hydrogen-bond acceptors (Lipinski definition) is 4. The van der Waals surface area contributed by atoms with Crippen molar-refractivity contribution in [2.75, 3.05) is 19.8 Å². The molecule has 0 spiro atoms. The fourth-order valence-corrected chi connectivity index (χ4v) is 1.70. The fourth-order valence-electron chi connectivity index (χ4n) is 1.70. The average Bonchev–Trinajstić information content (AvgIpc) is 2.75. The Morgan fingerprint density at radius 1 is 1.41 bits per heavy atom. The summed E-state index contributed by atoms with van der Waals surface area (Å²) in [6, 6.07) is 0. The van der Waals surface area contributed by atoms with Crippen LogP contribution in [0.15, 0.2) is 12.4 Å².